The van der Waals surface area contributed by atoms with E-state index in [0.29, 0.717) is 9.54 Å². The number of benzene rings is 3. The quantitative estimate of drug-likeness (QED) is 0.411. The Kier molecular flexibility index (Phi) is 9.65. The van der Waals surface area contributed by atoms with Crippen LogP contribution in [-0.2, 0) is 32.1 Å². The first-order valence-electron chi connectivity index (χ1n) is 13.8. The Morgan fingerprint density at radius 1 is 0.692 bits per heavy atom. The van der Waals surface area contributed by atoms with Crippen LogP contribution in [0.1, 0.15) is 93.8 Å². The van der Waals surface area contributed by atoms with Gasteiger partial charge in [0.05, 0.1) is 0 Å². The topological polar surface area (TPSA) is 0 Å². The van der Waals surface area contributed by atoms with Crippen molar-refractivity contribution in [3.05, 3.63) is 110 Å². The molecule has 0 amide bonds. The van der Waals surface area contributed by atoms with Gasteiger partial charge in [-0.15, -0.1) is 0 Å². The van der Waals surface area contributed by atoms with E-state index in [4.69, 9.17) is 0 Å². The second kappa shape index (κ2) is 11.8. The summed E-state index contributed by atoms with van der Waals surface area (Å²) in [5.41, 5.74) is 12.0. The first-order valence-corrected chi connectivity index (χ1v) is 17.7. The van der Waals surface area contributed by atoms with Gasteiger partial charge in [-0.25, -0.2) is 0 Å². The minimum absolute atomic E-state index is 0. The third-order valence-electron chi connectivity index (χ3n) is 8.23. The molecule has 0 heterocycles. The molecular weight excluding hydrogens is 595 g/mol. The van der Waals surface area contributed by atoms with Crippen molar-refractivity contribution in [1.29, 1.82) is 0 Å². The van der Waals surface area contributed by atoms with Crippen LogP contribution in [0, 0.1) is 5.92 Å². The van der Waals surface area contributed by atoms with Crippen LogP contribution in [0.5, 0.6) is 0 Å². The van der Waals surface area contributed by atoms with E-state index in [2.05, 4.69) is 141 Å². The van der Waals surface area contributed by atoms with Gasteiger partial charge >= 0.3 is 234 Å². The van der Waals surface area contributed by atoms with E-state index < -0.39 is 21.3 Å². The Morgan fingerprint density at radius 2 is 1.18 bits per heavy atom. The van der Waals surface area contributed by atoms with E-state index in [0.717, 1.165) is 0 Å². The third kappa shape index (κ3) is 6.07. The van der Waals surface area contributed by atoms with Crippen LogP contribution in [0.25, 0.3) is 16.7 Å². The molecule has 0 fully saturated rings. The van der Waals surface area contributed by atoms with E-state index in [-0.39, 0.29) is 35.6 Å². The van der Waals surface area contributed by atoms with Crippen molar-refractivity contribution in [1.82, 2.24) is 0 Å². The van der Waals surface area contributed by atoms with E-state index in [9.17, 15) is 0 Å². The number of hydrogen-bond acceptors (Lipinski definition) is 0. The molecule has 0 saturated carbocycles. The Labute approximate surface area is 257 Å². The minimum atomic E-state index is -2.27. The van der Waals surface area contributed by atoms with Gasteiger partial charge in [-0.05, 0) is 0 Å². The molecule has 0 saturated heterocycles. The standard InChI is InChI=1S/C21H25.C12H11.C3H6.2ClH.Zr/c1-20(2,3)16-9-7-14-11-15-8-10-17(21(4,5)6)13-19(15)18(14)12-16;1-10-7-8-12(9-10)11-5-3-2-4-6-11;1-3-2;;;/h7-13H,1-6H3;2-6,8-10H,1H3;1-2H3;2*1H;/q;;;;;+2/p-2. The SMILES string of the molecule is C[C](C)=[Zr+2]([C]1=CC(c2ccccc2)=CC1C)[CH]1c2ccc(C(C)(C)C)cc2-c2cc(C(C)(C)C)ccc21.[Cl-].[Cl-]. The Bertz CT molecular complexity index is 1390. The molecule has 0 nitrogen and oxygen atoms in total. The largest absolute Gasteiger partial charge is 1.00 e. The summed E-state index contributed by atoms with van der Waals surface area (Å²) in [6.45, 7) is 21.3. The zero-order valence-corrected chi connectivity index (χ0v) is 28.9. The molecule has 0 bridgehead atoms. The van der Waals surface area contributed by atoms with Crippen LogP contribution in [0.15, 0.2) is 82.2 Å². The molecule has 2 aliphatic carbocycles. The zero-order chi connectivity index (χ0) is 26.7. The second-order valence-electron chi connectivity index (χ2n) is 13.3. The molecule has 0 radical (unpaired) electrons. The van der Waals surface area contributed by atoms with Crippen LogP contribution in [0.3, 0.4) is 0 Å². The molecule has 3 aromatic rings. The molecule has 204 valence electrons. The van der Waals surface area contributed by atoms with Crippen molar-refractivity contribution >= 4 is 8.78 Å². The molecule has 2 aliphatic rings. The average Bonchev–Trinajstić information content (AvgIpc) is 3.36. The molecule has 3 aromatic carbocycles. The van der Waals surface area contributed by atoms with E-state index in [1.165, 1.54) is 33.4 Å². The molecule has 0 aliphatic heterocycles. The Hall–Kier alpha value is -1.53. The molecule has 39 heavy (non-hydrogen) atoms. The van der Waals surface area contributed by atoms with Gasteiger partial charge in [-0.2, -0.15) is 0 Å². The predicted octanol–water partition coefficient (Wildman–Crippen LogP) is 3.81. The molecular formula is C36H42Cl2Zr. The van der Waals surface area contributed by atoms with Crippen LogP contribution < -0.4 is 24.8 Å². The van der Waals surface area contributed by atoms with Gasteiger partial charge in [0.1, 0.15) is 0 Å². The van der Waals surface area contributed by atoms with Crippen molar-refractivity contribution < 1.29 is 46.1 Å². The summed E-state index contributed by atoms with van der Waals surface area (Å²) in [5.74, 6) is 0.509. The van der Waals surface area contributed by atoms with Gasteiger partial charge in [0.25, 0.3) is 0 Å². The monoisotopic (exact) mass is 634 g/mol. The van der Waals surface area contributed by atoms with Gasteiger partial charge in [0.15, 0.2) is 0 Å². The number of halogens is 2. The summed E-state index contributed by atoms with van der Waals surface area (Å²) in [7, 11) is 0. The number of fused-ring (bicyclic) bond motifs is 3. The van der Waals surface area contributed by atoms with Gasteiger partial charge in [0.2, 0.25) is 0 Å². The summed E-state index contributed by atoms with van der Waals surface area (Å²) >= 11 is -2.27. The minimum Gasteiger partial charge on any atom is -1.00 e. The van der Waals surface area contributed by atoms with Crippen LogP contribution in [0.2, 0.25) is 0 Å². The van der Waals surface area contributed by atoms with Gasteiger partial charge < -0.3 is 24.8 Å². The summed E-state index contributed by atoms with van der Waals surface area (Å²) < 4.78 is 3.97. The molecule has 0 aromatic heterocycles. The van der Waals surface area contributed by atoms with Crippen molar-refractivity contribution in [3.63, 3.8) is 0 Å². The average molecular weight is 637 g/mol. The fourth-order valence-electron chi connectivity index (χ4n) is 6.08. The number of hydrogen-bond donors (Lipinski definition) is 0. The predicted molar refractivity (Wildman–Crippen MR) is 159 cm³/mol. The van der Waals surface area contributed by atoms with Crippen molar-refractivity contribution in [2.45, 2.75) is 76.8 Å². The summed E-state index contributed by atoms with van der Waals surface area (Å²) in [6.07, 6.45) is 5.09. The normalized spacial score (nSPS) is 16.2. The van der Waals surface area contributed by atoms with Gasteiger partial charge in [0, 0.05) is 0 Å². The first kappa shape index (κ1) is 32.0. The third-order valence-corrected chi connectivity index (χ3v) is 16.8. The van der Waals surface area contributed by atoms with E-state index >= 15 is 0 Å². The molecule has 0 N–H and O–H groups in total. The van der Waals surface area contributed by atoms with Crippen LogP contribution >= 0.6 is 0 Å². The van der Waals surface area contributed by atoms with Crippen molar-refractivity contribution in [2.24, 2.45) is 5.92 Å². The van der Waals surface area contributed by atoms with Crippen molar-refractivity contribution in [3.8, 4) is 11.1 Å². The maximum absolute atomic E-state index is 2.58. The summed E-state index contributed by atoms with van der Waals surface area (Å²) in [4.78, 5) is 0. The van der Waals surface area contributed by atoms with Crippen molar-refractivity contribution in [2.75, 3.05) is 0 Å². The van der Waals surface area contributed by atoms with Crippen LogP contribution in [-0.4, -0.2) is 3.21 Å². The van der Waals surface area contributed by atoms with Gasteiger partial charge in [-0.1, -0.05) is 0 Å². The summed E-state index contributed by atoms with van der Waals surface area (Å²) in [5, 5.41) is 0. The Balaban J connectivity index is 0.00000210. The molecule has 3 heteroatoms. The molecule has 1 atom stereocenters. The molecule has 1 unspecified atom stereocenters. The zero-order valence-electron chi connectivity index (χ0n) is 24.9. The summed E-state index contributed by atoms with van der Waals surface area (Å²) in [6, 6.07) is 25.8. The van der Waals surface area contributed by atoms with E-state index in [1.807, 2.05) is 0 Å². The maximum atomic E-state index is 2.58. The number of rotatable bonds is 3. The Morgan fingerprint density at radius 3 is 1.62 bits per heavy atom. The van der Waals surface area contributed by atoms with Gasteiger partial charge in [-0.3, -0.25) is 0 Å². The maximum Gasteiger partial charge on any atom is -1.00 e. The van der Waals surface area contributed by atoms with Crippen LogP contribution in [0.4, 0.5) is 0 Å². The van der Waals surface area contributed by atoms with E-state index in [1.54, 1.807) is 17.6 Å². The second-order valence-corrected chi connectivity index (χ2v) is 20.7. The fourth-order valence-corrected chi connectivity index (χ4v) is 14.7. The smallest absolute Gasteiger partial charge is 1.00 e. The first-order chi connectivity index (χ1) is 17.4. The molecule has 5 rings (SSSR count). The number of allylic oxidation sites excluding steroid dienone is 4. The molecule has 0 spiro atoms. The fraction of sp³-hybridized carbons (Fsp3) is 0.361.